The van der Waals surface area contributed by atoms with Crippen LogP contribution in [0.25, 0.3) is 0 Å². The molecule has 6 N–H and O–H groups in total. The molecule has 2 aromatic rings. The smallest absolute Gasteiger partial charge is 0.269 e. The van der Waals surface area contributed by atoms with Crippen molar-refractivity contribution in [1.82, 2.24) is 9.97 Å². The normalized spacial score (nSPS) is 11.8. The van der Waals surface area contributed by atoms with Crippen LogP contribution in [0.15, 0.2) is 30.5 Å². The number of nitrogens with two attached hydrogens (primary N) is 2. The summed E-state index contributed by atoms with van der Waals surface area (Å²) in [5.41, 5.74) is 13.6. The summed E-state index contributed by atoms with van der Waals surface area (Å²) in [6.45, 7) is 4.59. The molecule has 1 amide bonds. The molecule has 7 nitrogen and oxygen atoms in total. The highest BCUT2D eigenvalue weighted by Gasteiger charge is 2.13. The number of nitrogens with one attached hydrogen (secondary N) is 2. The number of hydrogen-bond donors (Lipinski definition) is 4. The van der Waals surface area contributed by atoms with E-state index >= 15 is 0 Å². The van der Waals surface area contributed by atoms with Crippen molar-refractivity contribution in [2.45, 2.75) is 32.7 Å². The van der Waals surface area contributed by atoms with Crippen molar-refractivity contribution in [3.05, 3.63) is 41.9 Å². The molecule has 0 aliphatic heterocycles. The first-order valence-electron chi connectivity index (χ1n) is 8.06. The number of aromatic nitrogens is 2. The van der Waals surface area contributed by atoms with Crippen LogP contribution in [0.5, 0.6) is 0 Å². The van der Waals surface area contributed by atoms with Gasteiger partial charge >= 0.3 is 0 Å². The van der Waals surface area contributed by atoms with Gasteiger partial charge in [0.05, 0.1) is 17.6 Å². The van der Waals surface area contributed by atoms with Crippen LogP contribution in [0.2, 0.25) is 0 Å². The van der Waals surface area contributed by atoms with Gasteiger partial charge in [0, 0.05) is 18.3 Å². The van der Waals surface area contributed by atoms with E-state index in [0.717, 1.165) is 24.2 Å². The monoisotopic (exact) mass is 328 g/mol. The molecule has 0 saturated carbocycles. The summed E-state index contributed by atoms with van der Waals surface area (Å²) in [6, 6.07) is 7.63. The Kier molecular flexibility index (Phi) is 6.08. The van der Waals surface area contributed by atoms with Gasteiger partial charge in [0.1, 0.15) is 5.82 Å². The quantitative estimate of drug-likeness (QED) is 0.589. The van der Waals surface area contributed by atoms with Crippen LogP contribution in [0, 0.1) is 0 Å². The molecular weight excluding hydrogens is 304 g/mol. The Morgan fingerprint density at radius 3 is 2.75 bits per heavy atom. The van der Waals surface area contributed by atoms with Crippen LogP contribution in [-0.4, -0.2) is 28.5 Å². The first-order valence-corrected chi connectivity index (χ1v) is 8.06. The second-order valence-corrected chi connectivity index (χ2v) is 5.46. The Hall–Kier alpha value is -2.67. The van der Waals surface area contributed by atoms with Gasteiger partial charge < -0.3 is 22.1 Å². The molecule has 0 saturated heterocycles. The van der Waals surface area contributed by atoms with Crippen LogP contribution >= 0.6 is 0 Å². The first-order chi connectivity index (χ1) is 11.6. The summed E-state index contributed by atoms with van der Waals surface area (Å²) in [6.07, 6.45) is 3.29. The minimum atomic E-state index is -0.596. The van der Waals surface area contributed by atoms with Gasteiger partial charge in [0.15, 0.2) is 5.69 Å². The predicted octanol–water partition coefficient (Wildman–Crippen LogP) is 2.03. The number of primary amides is 1. The van der Waals surface area contributed by atoms with Crippen molar-refractivity contribution in [2.24, 2.45) is 11.5 Å². The van der Waals surface area contributed by atoms with Crippen molar-refractivity contribution in [3.63, 3.8) is 0 Å². The van der Waals surface area contributed by atoms with Gasteiger partial charge in [-0.1, -0.05) is 19.9 Å². The molecule has 1 atom stereocenters. The maximum Gasteiger partial charge on any atom is 0.269 e. The average Bonchev–Trinajstić information content (AvgIpc) is 2.59. The summed E-state index contributed by atoms with van der Waals surface area (Å²) in [5.74, 6) is 0.0447. The Balaban J connectivity index is 2.32. The summed E-state index contributed by atoms with van der Waals surface area (Å²) in [4.78, 5) is 20.3. The van der Waals surface area contributed by atoms with Crippen molar-refractivity contribution < 1.29 is 4.79 Å². The second kappa shape index (κ2) is 8.26. The van der Waals surface area contributed by atoms with E-state index in [1.165, 1.54) is 0 Å². The number of nitrogens with zero attached hydrogens (tertiary/aromatic N) is 2. The number of rotatable bonds is 8. The lowest BCUT2D eigenvalue weighted by Gasteiger charge is -2.17. The lowest BCUT2D eigenvalue weighted by Crippen LogP contribution is -2.28. The van der Waals surface area contributed by atoms with Crippen molar-refractivity contribution in [2.75, 3.05) is 17.2 Å². The number of aryl methyl sites for hydroxylation is 1. The predicted molar refractivity (Wildman–Crippen MR) is 96.4 cm³/mol. The van der Waals surface area contributed by atoms with Gasteiger partial charge in [-0.15, -0.1) is 0 Å². The summed E-state index contributed by atoms with van der Waals surface area (Å²) >= 11 is 0. The maximum atomic E-state index is 11.6. The third-order valence-electron chi connectivity index (χ3n) is 3.70. The molecular formula is C17H24N6O. The van der Waals surface area contributed by atoms with Gasteiger partial charge in [-0.2, -0.15) is 0 Å². The molecule has 0 fully saturated rings. The minimum Gasteiger partial charge on any atom is -0.380 e. The third kappa shape index (κ3) is 4.42. The Morgan fingerprint density at radius 1 is 1.33 bits per heavy atom. The number of pyridine rings is 2. The molecule has 2 heterocycles. The SMILES string of the molecule is CCc1cccc(Nc2cc(NC(CC)CN)cnc2C(N)=O)n1. The molecule has 128 valence electrons. The van der Waals surface area contributed by atoms with E-state index < -0.39 is 5.91 Å². The molecule has 0 aliphatic carbocycles. The molecule has 2 rings (SSSR count). The molecule has 7 heteroatoms. The summed E-state index contributed by atoms with van der Waals surface area (Å²) in [5, 5.41) is 6.43. The highest BCUT2D eigenvalue weighted by atomic mass is 16.1. The van der Waals surface area contributed by atoms with Gasteiger partial charge in [-0.05, 0) is 31.0 Å². The van der Waals surface area contributed by atoms with Crippen LogP contribution in [-0.2, 0) is 6.42 Å². The number of carbonyl (C=O) groups excluding carboxylic acids is 1. The Morgan fingerprint density at radius 2 is 2.12 bits per heavy atom. The fourth-order valence-corrected chi connectivity index (χ4v) is 2.28. The van der Waals surface area contributed by atoms with Crippen LogP contribution < -0.4 is 22.1 Å². The zero-order valence-corrected chi connectivity index (χ0v) is 14.0. The Bertz CT molecular complexity index is 699. The molecule has 2 aromatic heterocycles. The zero-order chi connectivity index (χ0) is 17.5. The van der Waals surface area contributed by atoms with Crippen LogP contribution in [0.4, 0.5) is 17.2 Å². The number of carbonyl (C=O) groups is 1. The largest absolute Gasteiger partial charge is 0.380 e. The molecule has 0 bridgehead atoms. The first kappa shape index (κ1) is 17.7. The van der Waals surface area contributed by atoms with E-state index in [-0.39, 0.29) is 11.7 Å². The second-order valence-electron chi connectivity index (χ2n) is 5.46. The van der Waals surface area contributed by atoms with Crippen molar-refractivity contribution in [3.8, 4) is 0 Å². The van der Waals surface area contributed by atoms with E-state index in [2.05, 4.69) is 27.5 Å². The molecule has 0 spiro atoms. The average molecular weight is 328 g/mol. The lowest BCUT2D eigenvalue weighted by molar-refractivity contribution is 0.0996. The fourth-order valence-electron chi connectivity index (χ4n) is 2.28. The molecule has 0 radical (unpaired) electrons. The van der Waals surface area contributed by atoms with Gasteiger partial charge in [0.25, 0.3) is 5.91 Å². The highest BCUT2D eigenvalue weighted by Crippen LogP contribution is 2.22. The van der Waals surface area contributed by atoms with E-state index in [1.807, 2.05) is 25.1 Å². The topological polar surface area (TPSA) is 119 Å². The fraction of sp³-hybridized carbons (Fsp3) is 0.353. The number of hydrogen-bond acceptors (Lipinski definition) is 6. The lowest BCUT2D eigenvalue weighted by atomic mass is 10.2. The van der Waals surface area contributed by atoms with E-state index in [4.69, 9.17) is 11.5 Å². The zero-order valence-electron chi connectivity index (χ0n) is 14.0. The number of amides is 1. The number of anilines is 3. The molecule has 0 aromatic carbocycles. The van der Waals surface area contributed by atoms with Crippen molar-refractivity contribution in [1.29, 1.82) is 0 Å². The maximum absolute atomic E-state index is 11.6. The van der Waals surface area contributed by atoms with Gasteiger partial charge in [0.2, 0.25) is 0 Å². The van der Waals surface area contributed by atoms with E-state index in [0.29, 0.717) is 18.1 Å². The van der Waals surface area contributed by atoms with Gasteiger partial charge in [-0.3, -0.25) is 4.79 Å². The standard InChI is InChI=1S/C17H24N6O/c1-3-11-6-5-7-15(22-11)23-14-8-13(21-12(4-2)9-18)10-20-16(14)17(19)24/h5-8,10,12,21H,3-4,9,18H2,1-2H3,(H2,19,24)(H,22,23). The van der Waals surface area contributed by atoms with Gasteiger partial charge in [-0.25, -0.2) is 9.97 Å². The summed E-state index contributed by atoms with van der Waals surface area (Å²) < 4.78 is 0. The Labute approximate surface area is 141 Å². The van der Waals surface area contributed by atoms with Crippen LogP contribution in [0.1, 0.15) is 36.5 Å². The van der Waals surface area contributed by atoms with Crippen LogP contribution in [0.3, 0.4) is 0 Å². The highest BCUT2D eigenvalue weighted by molar-refractivity contribution is 5.97. The molecule has 24 heavy (non-hydrogen) atoms. The third-order valence-corrected chi connectivity index (χ3v) is 3.70. The minimum absolute atomic E-state index is 0.139. The van der Waals surface area contributed by atoms with E-state index in [9.17, 15) is 4.79 Å². The van der Waals surface area contributed by atoms with Crippen molar-refractivity contribution >= 4 is 23.1 Å². The summed E-state index contributed by atoms with van der Waals surface area (Å²) in [7, 11) is 0. The molecule has 1 unspecified atom stereocenters. The van der Waals surface area contributed by atoms with E-state index in [1.54, 1.807) is 12.3 Å². The molecule has 0 aliphatic rings.